The van der Waals surface area contributed by atoms with Crippen LogP contribution in [0, 0.1) is 0 Å². The fourth-order valence-corrected chi connectivity index (χ4v) is 2.38. The first kappa shape index (κ1) is 20.9. The molecule has 0 amide bonds. The van der Waals surface area contributed by atoms with Crippen molar-refractivity contribution in [3.63, 3.8) is 0 Å². The minimum absolute atomic E-state index is 0.0471. The van der Waals surface area contributed by atoms with Gasteiger partial charge in [-0.1, -0.05) is 63.4 Å². The maximum atomic E-state index is 11.9. The number of hydrogen-bond acceptors (Lipinski definition) is 5. The predicted molar refractivity (Wildman–Crippen MR) is 94.8 cm³/mol. The van der Waals surface area contributed by atoms with Gasteiger partial charge in [0.2, 0.25) is 5.78 Å². The van der Waals surface area contributed by atoms with E-state index in [-0.39, 0.29) is 25.6 Å². The number of hydrogen-bond donors (Lipinski definition) is 0. The number of ketones is 1. The van der Waals surface area contributed by atoms with Crippen molar-refractivity contribution in [2.24, 2.45) is 0 Å². The van der Waals surface area contributed by atoms with E-state index in [1.165, 1.54) is 0 Å². The van der Waals surface area contributed by atoms with Crippen molar-refractivity contribution in [2.45, 2.75) is 71.5 Å². The largest absolute Gasteiger partial charge is 0.462 e. The molecule has 0 bridgehead atoms. The second-order valence-corrected chi connectivity index (χ2v) is 6.03. The highest BCUT2D eigenvalue weighted by molar-refractivity contribution is 6.33. The minimum atomic E-state index is -0.909. The number of rotatable bonds is 12. The van der Waals surface area contributed by atoms with Gasteiger partial charge in [0.15, 0.2) is 0 Å². The average Bonchev–Trinajstić information content (AvgIpc) is 2.63. The third-order valence-corrected chi connectivity index (χ3v) is 3.79. The monoisotopic (exact) mass is 348 g/mol. The molecule has 138 valence electrons. The second-order valence-electron chi connectivity index (χ2n) is 6.03. The van der Waals surface area contributed by atoms with Crippen molar-refractivity contribution >= 4 is 17.7 Å². The molecule has 25 heavy (non-hydrogen) atoms. The Morgan fingerprint density at radius 3 is 2.32 bits per heavy atom. The summed E-state index contributed by atoms with van der Waals surface area (Å²) in [5, 5.41) is 0. The molecule has 0 saturated carbocycles. The summed E-state index contributed by atoms with van der Waals surface area (Å²) in [6, 6.07) is 9.12. The Morgan fingerprint density at radius 1 is 0.960 bits per heavy atom. The van der Waals surface area contributed by atoms with Crippen LogP contribution < -0.4 is 0 Å². The normalized spacial score (nSPS) is 11.6. The Bertz CT molecular complexity index is 538. The highest BCUT2D eigenvalue weighted by Gasteiger charge is 2.19. The second kappa shape index (κ2) is 12.2. The molecule has 5 heteroatoms. The van der Waals surface area contributed by atoms with E-state index in [0.29, 0.717) is 0 Å². The standard InChI is InChI=1S/C20H28O5/c1-3-5-12-17(9-4-2)25-19(22)14-13-18(21)20(23)24-15-16-10-7-6-8-11-16/h6-8,10-11,17H,3-5,9,12-15H2,1-2H3. The first-order chi connectivity index (χ1) is 12.1. The predicted octanol–water partition coefficient (Wildman–Crippen LogP) is 3.98. The summed E-state index contributed by atoms with van der Waals surface area (Å²) < 4.78 is 10.4. The van der Waals surface area contributed by atoms with Crippen LogP contribution in [-0.4, -0.2) is 23.8 Å². The molecule has 1 unspecified atom stereocenters. The zero-order valence-electron chi connectivity index (χ0n) is 15.2. The Kier molecular flexibility index (Phi) is 10.2. The Hall–Kier alpha value is -2.17. The van der Waals surface area contributed by atoms with Crippen molar-refractivity contribution in [2.75, 3.05) is 0 Å². The molecule has 0 radical (unpaired) electrons. The summed E-state index contributed by atoms with van der Waals surface area (Å²) in [6.45, 7) is 4.18. The van der Waals surface area contributed by atoms with E-state index in [2.05, 4.69) is 6.92 Å². The van der Waals surface area contributed by atoms with E-state index in [1.54, 1.807) is 12.1 Å². The number of benzene rings is 1. The summed E-state index contributed by atoms with van der Waals surface area (Å²) in [5.74, 6) is -2.04. The Balaban J connectivity index is 2.31. The van der Waals surface area contributed by atoms with Gasteiger partial charge in [0.1, 0.15) is 12.7 Å². The van der Waals surface area contributed by atoms with Crippen molar-refractivity contribution in [1.29, 1.82) is 0 Å². The number of Topliss-reactive ketones (excluding diaryl/α,β-unsaturated/α-hetero) is 1. The lowest BCUT2D eigenvalue weighted by atomic mass is 10.1. The molecule has 0 aliphatic carbocycles. The van der Waals surface area contributed by atoms with Crippen LogP contribution in [0.25, 0.3) is 0 Å². The van der Waals surface area contributed by atoms with Gasteiger partial charge in [-0.15, -0.1) is 0 Å². The van der Waals surface area contributed by atoms with E-state index in [0.717, 1.165) is 37.7 Å². The molecular formula is C20H28O5. The van der Waals surface area contributed by atoms with Gasteiger partial charge in [0.05, 0.1) is 6.42 Å². The van der Waals surface area contributed by atoms with Crippen molar-refractivity contribution in [3.05, 3.63) is 35.9 Å². The first-order valence-electron chi connectivity index (χ1n) is 9.00. The highest BCUT2D eigenvalue weighted by atomic mass is 16.5. The molecule has 1 rings (SSSR count). The van der Waals surface area contributed by atoms with Crippen molar-refractivity contribution in [1.82, 2.24) is 0 Å². The first-order valence-corrected chi connectivity index (χ1v) is 9.00. The third kappa shape index (κ3) is 9.03. The lowest BCUT2D eigenvalue weighted by Gasteiger charge is -2.16. The van der Waals surface area contributed by atoms with Gasteiger partial charge in [-0.3, -0.25) is 9.59 Å². The van der Waals surface area contributed by atoms with Crippen LogP contribution in [0.4, 0.5) is 0 Å². The maximum absolute atomic E-state index is 11.9. The van der Waals surface area contributed by atoms with Gasteiger partial charge in [-0.05, 0) is 18.4 Å². The molecule has 1 aromatic rings. The molecule has 0 heterocycles. The van der Waals surface area contributed by atoms with E-state index < -0.39 is 17.7 Å². The zero-order chi connectivity index (χ0) is 18.5. The smallest absolute Gasteiger partial charge is 0.374 e. The number of ether oxygens (including phenoxy) is 2. The van der Waals surface area contributed by atoms with Crippen LogP contribution in [0.5, 0.6) is 0 Å². The molecule has 5 nitrogen and oxygen atoms in total. The van der Waals surface area contributed by atoms with E-state index in [9.17, 15) is 14.4 Å². The molecule has 0 aliphatic rings. The lowest BCUT2D eigenvalue weighted by Crippen LogP contribution is -2.21. The van der Waals surface area contributed by atoms with Gasteiger partial charge < -0.3 is 9.47 Å². The number of carbonyl (C=O) groups excluding carboxylic acids is 3. The molecule has 0 fully saturated rings. The molecule has 0 saturated heterocycles. The van der Waals surface area contributed by atoms with Gasteiger partial charge in [0.25, 0.3) is 0 Å². The summed E-state index contributed by atoms with van der Waals surface area (Å²) in [5.41, 5.74) is 0.807. The van der Waals surface area contributed by atoms with Crippen molar-refractivity contribution in [3.8, 4) is 0 Å². The van der Waals surface area contributed by atoms with Gasteiger partial charge in [-0.2, -0.15) is 0 Å². The summed E-state index contributed by atoms with van der Waals surface area (Å²) in [4.78, 5) is 35.3. The topological polar surface area (TPSA) is 69.7 Å². The van der Waals surface area contributed by atoms with Crippen LogP contribution in [-0.2, 0) is 30.5 Å². The molecule has 0 N–H and O–H groups in total. The zero-order valence-corrected chi connectivity index (χ0v) is 15.2. The van der Waals surface area contributed by atoms with Crippen LogP contribution in [0.2, 0.25) is 0 Å². The molecule has 0 aliphatic heterocycles. The lowest BCUT2D eigenvalue weighted by molar-refractivity contribution is -0.156. The molecule has 1 atom stereocenters. The molecule has 0 aromatic heterocycles. The van der Waals surface area contributed by atoms with Gasteiger partial charge in [0, 0.05) is 6.42 Å². The third-order valence-electron chi connectivity index (χ3n) is 3.79. The number of esters is 2. The molecule has 0 spiro atoms. The number of unbranched alkanes of at least 4 members (excludes halogenated alkanes) is 1. The highest BCUT2D eigenvalue weighted by Crippen LogP contribution is 2.12. The van der Waals surface area contributed by atoms with E-state index in [4.69, 9.17) is 9.47 Å². The minimum Gasteiger partial charge on any atom is -0.462 e. The van der Waals surface area contributed by atoms with Crippen LogP contribution in [0.1, 0.15) is 64.4 Å². The average molecular weight is 348 g/mol. The Morgan fingerprint density at radius 2 is 1.68 bits per heavy atom. The fraction of sp³-hybridized carbons (Fsp3) is 0.550. The van der Waals surface area contributed by atoms with Crippen LogP contribution in [0.15, 0.2) is 30.3 Å². The van der Waals surface area contributed by atoms with Crippen LogP contribution >= 0.6 is 0 Å². The maximum Gasteiger partial charge on any atom is 0.374 e. The van der Waals surface area contributed by atoms with Gasteiger partial charge in [-0.25, -0.2) is 4.79 Å². The van der Waals surface area contributed by atoms with Crippen LogP contribution in [0.3, 0.4) is 0 Å². The number of carbonyl (C=O) groups is 3. The quantitative estimate of drug-likeness (QED) is 0.422. The summed E-state index contributed by atoms with van der Waals surface area (Å²) in [7, 11) is 0. The van der Waals surface area contributed by atoms with Gasteiger partial charge >= 0.3 is 11.9 Å². The Labute approximate surface area is 149 Å². The van der Waals surface area contributed by atoms with E-state index >= 15 is 0 Å². The SMILES string of the molecule is CCCCC(CCC)OC(=O)CCC(=O)C(=O)OCc1ccccc1. The van der Waals surface area contributed by atoms with E-state index in [1.807, 2.05) is 25.1 Å². The fourth-order valence-electron chi connectivity index (χ4n) is 2.38. The van der Waals surface area contributed by atoms with Crippen molar-refractivity contribution < 1.29 is 23.9 Å². The molecular weight excluding hydrogens is 320 g/mol. The summed E-state index contributed by atoms with van der Waals surface area (Å²) >= 11 is 0. The summed E-state index contributed by atoms with van der Waals surface area (Å²) in [6.07, 6.45) is 4.27. The molecule has 1 aromatic carbocycles.